The Balaban J connectivity index is 2.05. The summed E-state index contributed by atoms with van der Waals surface area (Å²) in [6, 6.07) is 5.90. The smallest absolute Gasteiger partial charge is 0.254 e. The Kier molecular flexibility index (Phi) is 3.78. The van der Waals surface area contributed by atoms with Crippen LogP contribution in [0.1, 0.15) is 15.2 Å². The molecule has 0 radical (unpaired) electrons. The van der Waals surface area contributed by atoms with E-state index in [-0.39, 0.29) is 5.91 Å². The molecule has 0 spiro atoms. The molecular formula is C11H10BrNOS2. The summed E-state index contributed by atoms with van der Waals surface area (Å²) < 4.78 is 0.986. The molecular weight excluding hydrogens is 306 g/mol. The van der Waals surface area contributed by atoms with Gasteiger partial charge in [-0.05, 0) is 33.4 Å². The average Bonchev–Trinajstić information content (AvgIpc) is 2.88. The predicted molar refractivity (Wildman–Crippen MR) is 72.1 cm³/mol. The number of carbonyl (C=O) groups is 1. The molecule has 1 amide bonds. The first-order valence-corrected chi connectivity index (χ1v) is 7.24. The van der Waals surface area contributed by atoms with Crippen LogP contribution in [0.15, 0.2) is 32.7 Å². The first-order chi connectivity index (χ1) is 7.66. The zero-order valence-corrected chi connectivity index (χ0v) is 11.9. The van der Waals surface area contributed by atoms with Crippen molar-refractivity contribution in [2.24, 2.45) is 0 Å². The quantitative estimate of drug-likeness (QED) is 0.842. The topological polar surface area (TPSA) is 20.3 Å². The van der Waals surface area contributed by atoms with Crippen molar-refractivity contribution < 1.29 is 4.79 Å². The van der Waals surface area contributed by atoms with Crippen molar-refractivity contribution in [3.8, 4) is 0 Å². The summed E-state index contributed by atoms with van der Waals surface area (Å²) in [5.41, 5.74) is 0.746. The summed E-state index contributed by atoms with van der Waals surface area (Å²) in [5.74, 6) is 0.0651. The first kappa shape index (κ1) is 11.8. The Morgan fingerprint density at radius 2 is 2.31 bits per heavy atom. The number of halogens is 1. The Morgan fingerprint density at radius 3 is 2.88 bits per heavy atom. The largest absolute Gasteiger partial charge is 0.337 e. The maximum absolute atomic E-state index is 12.0. The third-order valence-corrected chi connectivity index (χ3v) is 4.50. The van der Waals surface area contributed by atoms with Gasteiger partial charge in [0.15, 0.2) is 0 Å². The van der Waals surface area contributed by atoms with Crippen molar-refractivity contribution in [1.82, 2.24) is 4.90 Å². The van der Waals surface area contributed by atoms with E-state index in [2.05, 4.69) is 15.9 Å². The van der Waals surface area contributed by atoms with E-state index >= 15 is 0 Å². The predicted octanol–water partition coefficient (Wildman–Crippen LogP) is 3.84. The van der Waals surface area contributed by atoms with Crippen LogP contribution in [0.4, 0.5) is 0 Å². The molecule has 0 saturated heterocycles. The second kappa shape index (κ2) is 5.12. The van der Waals surface area contributed by atoms with Crippen molar-refractivity contribution in [3.05, 3.63) is 43.2 Å². The molecule has 2 rings (SSSR count). The van der Waals surface area contributed by atoms with E-state index in [1.165, 1.54) is 16.2 Å². The van der Waals surface area contributed by atoms with Crippen LogP contribution in [-0.2, 0) is 6.54 Å². The van der Waals surface area contributed by atoms with Gasteiger partial charge in [-0.15, -0.1) is 22.7 Å². The molecule has 0 aliphatic heterocycles. The van der Waals surface area contributed by atoms with Crippen LogP contribution in [0.2, 0.25) is 0 Å². The van der Waals surface area contributed by atoms with Gasteiger partial charge in [0.1, 0.15) is 0 Å². The van der Waals surface area contributed by atoms with Gasteiger partial charge in [-0.25, -0.2) is 0 Å². The van der Waals surface area contributed by atoms with Gasteiger partial charge in [-0.2, -0.15) is 0 Å². The molecule has 0 atom stereocenters. The van der Waals surface area contributed by atoms with E-state index in [0.29, 0.717) is 6.54 Å². The normalized spacial score (nSPS) is 10.4. The van der Waals surface area contributed by atoms with Crippen molar-refractivity contribution in [1.29, 1.82) is 0 Å². The maximum Gasteiger partial charge on any atom is 0.254 e. The maximum atomic E-state index is 12.0. The van der Waals surface area contributed by atoms with Gasteiger partial charge < -0.3 is 4.90 Å². The molecule has 0 N–H and O–H groups in total. The fourth-order valence-electron chi connectivity index (χ4n) is 1.35. The Labute approximate surface area is 111 Å². The molecule has 2 heterocycles. The van der Waals surface area contributed by atoms with E-state index in [1.807, 2.05) is 36.0 Å². The number of thiophene rings is 2. The van der Waals surface area contributed by atoms with Gasteiger partial charge in [-0.1, -0.05) is 6.07 Å². The van der Waals surface area contributed by atoms with E-state index in [1.54, 1.807) is 16.2 Å². The highest BCUT2D eigenvalue weighted by Gasteiger charge is 2.13. The van der Waals surface area contributed by atoms with Gasteiger partial charge in [0.25, 0.3) is 5.91 Å². The summed E-state index contributed by atoms with van der Waals surface area (Å²) in [6.07, 6.45) is 0. The van der Waals surface area contributed by atoms with E-state index in [0.717, 1.165) is 9.35 Å². The highest BCUT2D eigenvalue weighted by atomic mass is 79.9. The third kappa shape index (κ3) is 2.72. The van der Waals surface area contributed by atoms with Crippen LogP contribution in [0.25, 0.3) is 0 Å². The lowest BCUT2D eigenvalue weighted by molar-refractivity contribution is 0.0787. The van der Waals surface area contributed by atoms with Gasteiger partial charge in [0.05, 0.1) is 15.9 Å². The monoisotopic (exact) mass is 315 g/mol. The Bertz CT molecular complexity index is 478. The Morgan fingerprint density at radius 1 is 1.50 bits per heavy atom. The SMILES string of the molecule is CN(Cc1cccs1)C(=O)c1csc(Br)c1. The Hall–Kier alpha value is -0.650. The van der Waals surface area contributed by atoms with Gasteiger partial charge in [0, 0.05) is 17.3 Å². The lowest BCUT2D eigenvalue weighted by atomic mass is 10.3. The zero-order valence-electron chi connectivity index (χ0n) is 8.64. The number of amides is 1. The van der Waals surface area contributed by atoms with Gasteiger partial charge >= 0.3 is 0 Å². The van der Waals surface area contributed by atoms with Crippen LogP contribution in [0.5, 0.6) is 0 Å². The minimum absolute atomic E-state index is 0.0651. The number of hydrogen-bond donors (Lipinski definition) is 0. The second-order valence-electron chi connectivity index (χ2n) is 3.38. The van der Waals surface area contributed by atoms with Crippen LogP contribution in [0, 0.1) is 0 Å². The highest BCUT2D eigenvalue weighted by molar-refractivity contribution is 9.11. The second-order valence-corrected chi connectivity index (χ2v) is 6.70. The van der Waals surface area contributed by atoms with Crippen LogP contribution >= 0.6 is 38.6 Å². The number of nitrogens with zero attached hydrogens (tertiary/aromatic N) is 1. The molecule has 0 saturated carbocycles. The summed E-state index contributed by atoms with van der Waals surface area (Å²) in [4.78, 5) is 14.9. The van der Waals surface area contributed by atoms with E-state index in [4.69, 9.17) is 0 Å². The third-order valence-electron chi connectivity index (χ3n) is 2.13. The fraction of sp³-hybridized carbons (Fsp3) is 0.182. The summed E-state index contributed by atoms with van der Waals surface area (Å²) in [6.45, 7) is 0.671. The van der Waals surface area contributed by atoms with Crippen molar-refractivity contribution in [2.45, 2.75) is 6.54 Å². The molecule has 0 aromatic carbocycles. The molecule has 0 fully saturated rings. The minimum atomic E-state index is 0.0651. The van der Waals surface area contributed by atoms with E-state index in [9.17, 15) is 4.79 Å². The molecule has 5 heteroatoms. The summed E-state index contributed by atoms with van der Waals surface area (Å²) >= 11 is 6.56. The highest BCUT2D eigenvalue weighted by Crippen LogP contribution is 2.22. The molecule has 0 aliphatic carbocycles. The molecule has 16 heavy (non-hydrogen) atoms. The van der Waals surface area contributed by atoms with Crippen LogP contribution in [-0.4, -0.2) is 17.9 Å². The first-order valence-electron chi connectivity index (χ1n) is 4.68. The fourth-order valence-corrected chi connectivity index (χ4v) is 3.24. The standard InChI is InChI=1S/C11H10BrNOS2/c1-13(6-9-3-2-4-15-9)11(14)8-5-10(12)16-7-8/h2-5,7H,6H2,1H3. The molecule has 84 valence electrons. The van der Waals surface area contributed by atoms with Crippen LogP contribution < -0.4 is 0 Å². The van der Waals surface area contributed by atoms with Crippen molar-refractivity contribution >= 4 is 44.5 Å². The molecule has 2 aromatic heterocycles. The molecule has 0 unspecified atom stereocenters. The molecule has 0 bridgehead atoms. The van der Waals surface area contributed by atoms with Crippen LogP contribution in [0.3, 0.4) is 0 Å². The van der Waals surface area contributed by atoms with Crippen molar-refractivity contribution in [3.63, 3.8) is 0 Å². The van der Waals surface area contributed by atoms with Crippen molar-refractivity contribution in [2.75, 3.05) is 7.05 Å². The molecule has 0 aliphatic rings. The number of rotatable bonds is 3. The average molecular weight is 316 g/mol. The molecule has 2 nitrogen and oxygen atoms in total. The zero-order chi connectivity index (χ0) is 11.5. The lowest BCUT2D eigenvalue weighted by Crippen LogP contribution is -2.25. The van der Waals surface area contributed by atoms with Gasteiger partial charge in [0.2, 0.25) is 0 Å². The lowest BCUT2D eigenvalue weighted by Gasteiger charge is -2.15. The van der Waals surface area contributed by atoms with Gasteiger partial charge in [-0.3, -0.25) is 4.79 Å². The minimum Gasteiger partial charge on any atom is -0.337 e. The number of carbonyl (C=O) groups excluding carboxylic acids is 1. The molecule has 2 aromatic rings. The van der Waals surface area contributed by atoms with E-state index < -0.39 is 0 Å². The summed E-state index contributed by atoms with van der Waals surface area (Å²) in [7, 11) is 1.83. The number of hydrogen-bond acceptors (Lipinski definition) is 3. The summed E-state index contributed by atoms with van der Waals surface area (Å²) in [5, 5.41) is 3.90.